The minimum atomic E-state index is -0.710. The third kappa shape index (κ3) is 6.11. The summed E-state index contributed by atoms with van der Waals surface area (Å²) in [4.78, 5) is 12.6. The number of carbonyl (C=O) groups excluding carboxylic acids is 1. The van der Waals surface area contributed by atoms with Gasteiger partial charge < -0.3 is 4.74 Å². The summed E-state index contributed by atoms with van der Waals surface area (Å²) < 4.78 is 5.55. The van der Waals surface area contributed by atoms with E-state index in [-0.39, 0.29) is 5.92 Å². The molecule has 0 bridgehead atoms. The Morgan fingerprint density at radius 3 is 2.04 bits per heavy atom. The number of esters is 1. The van der Waals surface area contributed by atoms with Gasteiger partial charge in [0.05, 0.1) is 0 Å². The number of ether oxygens (including phenoxy) is 1. The molecule has 2 atom stereocenters. The molecule has 2 rings (SSSR count). The molecule has 0 aromatic heterocycles. The molecule has 0 aliphatic carbocycles. The summed E-state index contributed by atoms with van der Waals surface area (Å²) in [5.41, 5.74) is 2.67. The average Bonchev–Trinajstić information content (AvgIpc) is 2.72. The molecule has 0 aliphatic rings. The fourth-order valence-electron chi connectivity index (χ4n) is 3.11. The maximum atomic E-state index is 12.6. The molecule has 0 radical (unpaired) electrons. The summed E-state index contributed by atoms with van der Waals surface area (Å²) >= 11 is 0. The number of hydrogen-bond acceptors (Lipinski definition) is 3. The van der Waals surface area contributed by atoms with E-state index in [1.165, 1.54) is 6.08 Å². The lowest BCUT2D eigenvalue weighted by molar-refractivity contribution is -0.142. The molecule has 0 spiro atoms. The number of rotatable bonds is 9. The average molecular weight is 361 g/mol. The molecule has 0 aliphatic heterocycles. The summed E-state index contributed by atoms with van der Waals surface area (Å²) in [6, 6.07) is 21.7. The molecule has 2 aromatic rings. The molecule has 140 valence electrons. The van der Waals surface area contributed by atoms with E-state index in [4.69, 9.17) is 4.74 Å². The van der Waals surface area contributed by atoms with E-state index in [1.54, 1.807) is 0 Å². The second kappa shape index (κ2) is 11.0. The van der Waals surface area contributed by atoms with E-state index in [0.29, 0.717) is 0 Å². The molecule has 2 aromatic carbocycles. The quantitative estimate of drug-likeness (QED) is 0.421. The number of nitrogens with zero attached hydrogens (tertiary/aromatic N) is 1. The highest BCUT2D eigenvalue weighted by Gasteiger charge is 2.23. The van der Waals surface area contributed by atoms with Crippen LogP contribution in [0.15, 0.2) is 66.7 Å². The maximum Gasteiger partial charge on any atom is 0.332 e. The van der Waals surface area contributed by atoms with Gasteiger partial charge in [0.25, 0.3) is 0 Å². The van der Waals surface area contributed by atoms with Gasteiger partial charge in [0.1, 0.15) is 6.07 Å². The fourth-order valence-corrected chi connectivity index (χ4v) is 3.11. The Hall–Kier alpha value is -2.86. The number of nitriles is 1. The normalized spacial score (nSPS) is 12.5. The van der Waals surface area contributed by atoms with Crippen molar-refractivity contribution >= 4 is 11.5 Å². The highest BCUT2D eigenvalue weighted by molar-refractivity contribution is 5.96. The lowest BCUT2D eigenvalue weighted by Gasteiger charge is -2.20. The van der Waals surface area contributed by atoms with Crippen LogP contribution in [0, 0.1) is 17.2 Å². The Kier molecular flexibility index (Phi) is 8.32. The van der Waals surface area contributed by atoms with Gasteiger partial charge in [-0.2, -0.15) is 5.26 Å². The van der Waals surface area contributed by atoms with Crippen LogP contribution in [0.3, 0.4) is 0 Å². The smallest absolute Gasteiger partial charge is 0.332 e. The van der Waals surface area contributed by atoms with Gasteiger partial charge in [-0.15, -0.1) is 0 Å². The van der Waals surface area contributed by atoms with E-state index >= 15 is 0 Å². The first kappa shape index (κ1) is 20.5. The highest BCUT2D eigenvalue weighted by atomic mass is 16.5. The number of unbranched alkanes of at least 4 members (excludes halogenated alkanes) is 1. The SMILES string of the molecule is CCCCC(CC)C(C#N)OC(=O)C=C(c1ccccc1)c1ccccc1. The van der Waals surface area contributed by atoms with Gasteiger partial charge in [0.15, 0.2) is 6.10 Å². The highest BCUT2D eigenvalue weighted by Crippen LogP contribution is 2.24. The lowest BCUT2D eigenvalue weighted by Crippen LogP contribution is -2.24. The standard InChI is InChI=1S/C24H27NO2/c1-3-5-12-19(4-2)23(18-25)27-24(26)17-22(20-13-8-6-9-14-20)21-15-10-7-11-16-21/h6-11,13-17,19,23H,3-5,12H2,1-2H3. The Labute approximate surface area is 162 Å². The summed E-state index contributed by atoms with van der Waals surface area (Å²) in [5.74, 6) is -0.400. The molecular formula is C24H27NO2. The van der Waals surface area contributed by atoms with Crippen LogP contribution in [0.5, 0.6) is 0 Å². The van der Waals surface area contributed by atoms with E-state index < -0.39 is 12.1 Å². The second-order valence-electron chi connectivity index (χ2n) is 6.59. The molecule has 2 unspecified atom stereocenters. The summed E-state index contributed by atoms with van der Waals surface area (Å²) in [7, 11) is 0. The summed E-state index contributed by atoms with van der Waals surface area (Å²) in [6.45, 7) is 4.16. The van der Waals surface area contributed by atoms with Crippen LogP contribution in [0.25, 0.3) is 5.57 Å². The largest absolute Gasteiger partial charge is 0.443 e. The molecule has 0 amide bonds. The van der Waals surface area contributed by atoms with Crippen LogP contribution < -0.4 is 0 Å². The molecule has 3 heteroatoms. The van der Waals surface area contributed by atoms with Gasteiger partial charge >= 0.3 is 5.97 Å². The third-order valence-corrected chi connectivity index (χ3v) is 4.68. The van der Waals surface area contributed by atoms with Gasteiger partial charge in [0, 0.05) is 12.0 Å². The van der Waals surface area contributed by atoms with E-state index in [1.807, 2.05) is 67.6 Å². The predicted molar refractivity (Wildman–Crippen MR) is 109 cm³/mol. The van der Waals surface area contributed by atoms with Crippen molar-refractivity contribution in [3.8, 4) is 6.07 Å². The second-order valence-corrected chi connectivity index (χ2v) is 6.59. The Bertz CT molecular complexity index is 734. The minimum Gasteiger partial charge on any atom is -0.443 e. The van der Waals surface area contributed by atoms with Crippen molar-refractivity contribution < 1.29 is 9.53 Å². The van der Waals surface area contributed by atoms with Crippen molar-refractivity contribution in [3.05, 3.63) is 77.9 Å². The van der Waals surface area contributed by atoms with Crippen molar-refractivity contribution in [3.63, 3.8) is 0 Å². The molecule has 0 fully saturated rings. The lowest BCUT2D eigenvalue weighted by atomic mass is 9.94. The zero-order valence-corrected chi connectivity index (χ0v) is 16.1. The van der Waals surface area contributed by atoms with Gasteiger partial charge in [-0.1, -0.05) is 87.4 Å². The molecular weight excluding hydrogens is 334 g/mol. The van der Waals surface area contributed by atoms with Crippen molar-refractivity contribution in [1.82, 2.24) is 0 Å². The molecule has 27 heavy (non-hydrogen) atoms. The zero-order chi connectivity index (χ0) is 19.5. The van der Waals surface area contributed by atoms with Gasteiger partial charge in [0.2, 0.25) is 0 Å². The Morgan fingerprint density at radius 2 is 1.59 bits per heavy atom. The fraction of sp³-hybridized carbons (Fsp3) is 0.333. The van der Waals surface area contributed by atoms with Crippen LogP contribution in [0.4, 0.5) is 0 Å². The van der Waals surface area contributed by atoms with Crippen LogP contribution in [0.1, 0.15) is 50.7 Å². The maximum absolute atomic E-state index is 12.6. The third-order valence-electron chi connectivity index (χ3n) is 4.68. The van der Waals surface area contributed by atoms with Crippen LogP contribution in [-0.2, 0) is 9.53 Å². The van der Waals surface area contributed by atoms with Gasteiger partial charge in [-0.05, 0) is 29.5 Å². The number of benzene rings is 2. The van der Waals surface area contributed by atoms with Crippen molar-refractivity contribution in [2.24, 2.45) is 5.92 Å². The van der Waals surface area contributed by atoms with Gasteiger partial charge in [-0.25, -0.2) is 4.79 Å². The van der Waals surface area contributed by atoms with Crippen molar-refractivity contribution in [1.29, 1.82) is 5.26 Å². The topological polar surface area (TPSA) is 50.1 Å². The van der Waals surface area contributed by atoms with E-state index in [9.17, 15) is 10.1 Å². The molecule has 0 heterocycles. The van der Waals surface area contributed by atoms with E-state index in [0.717, 1.165) is 42.4 Å². The van der Waals surface area contributed by atoms with Gasteiger partial charge in [-0.3, -0.25) is 0 Å². The van der Waals surface area contributed by atoms with Crippen LogP contribution >= 0.6 is 0 Å². The summed E-state index contributed by atoms with van der Waals surface area (Å²) in [6.07, 6.45) is 4.60. The minimum absolute atomic E-state index is 0.0733. The molecule has 0 saturated carbocycles. The Balaban J connectivity index is 2.25. The first-order chi connectivity index (χ1) is 13.2. The molecule has 0 N–H and O–H groups in total. The first-order valence-electron chi connectivity index (χ1n) is 9.62. The van der Waals surface area contributed by atoms with E-state index in [2.05, 4.69) is 13.0 Å². The monoisotopic (exact) mass is 361 g/mol. The predicted octanol–water partition coefficient (Wildman–Crippen LogP) is 5.77. The summed E-state index contributed by atoms with van der Waals surface area (Å²) in [5, 5.41) is 9.50. The zero-order valence-electron chi connectivity index (χ0n) is 16.1. The van der Waals surface area contributed by atoms with Crippen LogP contribution in [0.2, 0.25) is 0 Å². The number of carbonyl (C=O) groups is 1. The Morgan fingerprint density at radius 1 is 1.04 bits per heavy atom. The molecule has 3 nitrogen and oxygen atoms in total. The first-order valence-corrected chi connectivity index (χ1v) is 9.62. The number of hydrogen-bond donors (Lipinski definition) is 0. The van der Waals surface area contributed by atoms with Crippen LogP contribution in [-0.4, -0.2) is 12.1 Å². The van der Waals surface area contributed by atoms with Crippen molar-refractivity contribution in [2.45, 2.75) is 45.6 Å². The van der Waals surface area contributed by atoms with Crippen molar-refractivity contribution in [2.75, 3.05) is 0 Å². The molecule has 0 saturated heterocycles.